The summed E-state index contributed by atoms with van der Waals surface area (Å²) in [7, 11) is 0. The van der Waals surface area contributed by atoms with Crippen molar-refractivity contribution in [1.29, 1.82) is 0 Å². The maximum atomic E-state index is 6.04. The number of hydrogen-bond donors (Lipinski definition) is 1. The number of anilines is 1. The van der Waals surface area contributed by atoms with E-state index in [0.717, 1.165) is 11.4 Å². The van der Waals surface area contributed by atoms with Crippen LogP contribution in [0.2, 0.25) is 5.15 Å². The predicted molar refractivity (Wildman–Crippen MR) is 79.8 cm³/mol. The Balaban J connectivity index is 2.13. The van der Waals surface area contributed by atoms with Crippen molar-refractivity contribution in [3.8, 4) is 0 Å². The van der Waals surface area contributed by atoms with Gasteiger partial charge in [-0.2, -0.15) is 0 Å². The van der Waals surface area contributed by atoms with Crippen LogP contribution in [0.1, 0.15) is 38.0 Å². The Hall–Kier alpha value is -1.75. The molecule has 0 aromatic carbocycles. The molecule has 1 N–H and O–H groups in total. The average Bonchev–Trinajstić information content (AvgIpc) is 2.36. The lowest BCUT2D eigenvalue weighted by molar-refractivity contribution is 0.546. The Bertz CT molecular complexity index is 590. The van der Waals surface area contributed by atoms with Crippen LogP contribution in [0.3, 0.4) is 0 Å². The zero-order chi connectivity index (χ0) is 14.8. The first-order valence-corrected chi connectivity index (χ1v) is 6.79. The second-order valence-corrected chi connectivity index (χ2v) is 6.04. The monoisotopic (exact) mass is 291 g/mol. The lowest BCUT2D eigenvalue weighted by atomic mass is 9.96. The van der Waals surface area contributed by atoms with Gasteiger partial charge in [0, 0.05) is 17.7 Å². The van der Waals surface area contributed by atoms with Crippen LogP contribution in [0.5, 0.6) is 0 Å². The highest BCUT2D eigenvalue weighted by atomic mass is 35.5. The molecule has 2 rings (SSSR count). The first-order chi connectivity index (χ1) is 9.34. The minimum Gasteiger partial charge on any atom is -0.364 e. The van der Waals surface area contributed by atoms with E-state index in [1.54, 1.807) is 18.5 Å². The van der Waals surface area contributed by atoms with E-state index >= 15 is 0 Å². The minimum absolute atomic E-state index is 0.148. The van der Waals surface area contributed by atoms with Crippen molar-refractivity contribution in [3.63, 3.8) is 0 Å². The lowest BCUT2D eigenvalue weighted by Crippen LogP contribution is -2.17. The van der Waals surface area contributed by atoms with Gasteiger partial charge in [0.2, 0.25) is 0 Å². The van der Waals surface area contributed by atoms with Crippen LogP contribution < -0.4 is 5.32 Å². The molecule has 0 radical (unpaired) electrons. The van der Waals surface area contributed by atoms with Crippen molar-refractivity contribution in [2.24, 2.45) is 0 Å². The molecule has 0 saturated heterocycles. The van der Waals surface area contributed by atoms with Gasteiger partial charge in [-0.3, -0.25) is 9.97 Å². The number of halogens is 1. The van der Waals surface area contributed by atoms with Gasteiger partial charge in [-0.15, -0.1) is 0 Å². The van der Waals surface area contributed by atoms with E-state index in [2.05, 4.69) is 25.3 Å². The molecule has 0 aliphatic carbocycles. The van der Waals surface area contributed by atoms with Gasteiger partial charge in [-0.1, -0.05) is 32.4 Å². The maximum Gasteiger partial charge on any atom is 0.137 e. The Morgan fingerprint density at radius 1 is 1.15 bits per heavy atom. The van der Waals surface area contributed by atoms with E-state index in [0.29, 0.717) is 23.3 Å². The van der Waals surface area contributed by atoms with Crippen molar-refractivity contribution >= 4 is 17.4 Å². The molecule has 0 fully saturated rings. The van der Waals surface area contributed by atoms with Crippen LogP contribution in [0.25, 0.3) is 0 Å². The predicted octanol–water partition coefficient (Wildman–Crippen LogP) is 3.14. The molecule has 0 amide bonds. The van der Waals surface area contributed by atoms with Gasteiger partial charge in [0.25, 0.3) is 0 Å². The molecule has 6 heteroatoms. The van der Waals surface area contributed by atoms with Crippen LogP contribution in [0.15, 0.2) is 18.5 Å². The third kappa shape index (κ3) is 3.87. The fourth-order valence-corrected chi connectivity index (χ4v) is 1.72. The van der Waals surface area contributed by atoms with Crippen LogP contribution in [0, 0.1) is 6.92 Å². The van der Waals surface area contributed by atoms with Crippen molar-refractivity contribution in [3.05, 3.63) is 40.8 Å². The van der Waals surface area contributed by atoms with Crippen molar-refractivity contribution in [2.75, 3.05) is 5.32 Å². The third-order valence-corrected chi connectivity index (χ3v) is 2.84. The van der Waals surface area contributed by atoms with Gasteiger partial charge in [0.05, 0.1) is 24.1 Å². The summed E-state index contributed by atoms with van der Waals surface area (Å²) in [6.45, 7) is 8.60. The summed E-state index contributed by atoms with van der Waals surface area (Å²) in [5.74, 6) is 1.40. The van der Waals surface area contributed by atoms with Crippen LogP contribution >= 0.6 is 11.6 Å². The summed E-state index contributed by atoms with van der Waals surface area (Å²) in [5, 5.41) is 3.63. The molecular weight excluding hydrogens is 274 g/mol. The fourth-order valence-electron chi connectivity index (χ4n) is 1.54. The quantitative estimate of drug-likeness (QED) is 0.880. The van der Waals surface area contributed by atoms with Gasteiger partial charge in [-0.25, -0.2) is 9.97 Å². The maximum absolute atomic E-state index is 6.04. The Morgan fingerprint density at radius 3 is 2.50 bits per heavy atom. The molecule has 5 nitrogen and oxygen atoms in total. The van der Waals surface area contributed by atoms with Crippen LogP contribution in [-0.2, 0) is 12.0 Å². The molecule has 0 aliphatic heterocycles. The first kappa shape index (κ1) is 14.7. The SMILES string of the molecule is Cc1cnc(CNc2cc(Cl)nc(C(C)(C)C)n2)cn1. The van der Waals surface area contributed by atoms with E-state index in [9.17, 15) is 0 Å². The van der Waals surface area contributed by atoms with Gasteiger partial charge in [0.1, 0.15) is 16.8 Å². The summed E-state index contributed by atoms with van der Waals surface area (Å²) < 4.78 is 0. The number of hydrogen-bond acceptors (Lipinski definition) is 5. The number of nitrogens with zero attached hydrogens (tertiary/aromatic N) is 4. The smallest absolute Gasteiger partial charge is 0.137 e. The second kappa shape index (κ2) is 5.71. The van der Waals surface area contributed by atoms with Crippen molar-refractivity contribution < 1.29 is 0 Å². The molecule has 0 saturated carbocycles. The molecule has 20 heavy (non-hydrogen) atoms. The normalized spacial score (nSPS) is 11.4. The van der Waals surface area contributed by atoms with E-state index in [-0.39, 0.29) is 5.41 Å². The number of aromatic nitrogens is 4. The summed E-state index contributed by atoms with van der Waals surface area (Å²) in [5.41, 5.74) is 1.60. The standard InChI is InChI=1S/C14H18ClN5/c1-9-6-17-10(7-16-9)8-18-12-5-11(15)19-13(20-12)14(2,3)4/h5-7H,8H2,1-4H3,(H,18,19,20). The molecule has 2 aromatic heterocycles. The zero-order valence-electron chi connectivity index (χ0n) is 12.1. The highest BCUT2D eigenvalue weighted by Crippen LogP contribution is 2.22. The van der Waals surface area contributed by atoms with E-state index < -0.39 is 0 Å². The van der Waals surface area contributed by atoms with Crippen LogP contribution in [0.4, 0.5) is 5.82 Å². The largest absolute Gasteiger partial charge is 0.364 e. The fraction of sp³-hybridized carbons (Fsp3) is 0.429. The second-order valence-electron chi connectivity index (χ2n) is 5.65. The molecule has 0 unspecified atom stereocenters. The highest BCUT2D eigenvalue weighted by molar-refractivity contribution is 6.29. The summed E-state index contributed by atoms with van der Waals surface area (Å²) in [6, 6.07) is 1.71. The molecule has 0 bridgehead atoms. The molecule has 106 valence electrons. The van der Waals surface area contributed by atoms with Gasteiger partial charge < -0.3 is 5.32 Å². The van der Waals surface area contributed by atoms with Crippen molar-refractivity contribution in [1.82, 2.24) is 19.9 Å². The number of rotatable bonds is 3. The molecule has 2 aromatic rings. The van der Waals surface area contributed by atoms with Gasteiger partial charge in [-0.05, 0) is 6.92 Å². The summed E-state index contributed by atoms with van der Waals surface area (Å²) in [6.07, 6.45) is 3.49. The van der Waals surface area contributed by atoms with Gasteiger partial charge in [0.15, 0.2) is 0 Å². The highest BCUT2D eigenvalue weighted by Gasteiger charge is 2.18. The summed E-state index contributed by atoms with van der Waals surface area (Å²) in [4.78, 5) is 17.2. The minimum atomic E-state index is -0.148. The summed E-state index contributed by atoms with van der Waals surface area (Å²) >= 11 is 6.04. The Labute approximate surface area is 123 Å². The molecule has 0 atom stereocenters. The third-order valence-electron chi connectivity index (χ3n) is 2.65. The van der Waals surface area contributed by atoms with Gasteiger partial charge >= 0.3 is 0 Å². The lowest BCUT2D eigenvalue weighted by Gasteiger charge is -2.17. The number of nitrogens with one attached hydrogen (secondary N) is 1. The van der Waals surface area contributed by atoms with Crippen molar-refractivity contribution in [2.45, 2.75) is 39.7 Å². The Morgan fingerprint density at radius 2 is 1.90 bits per heavy atom. The molecular formula is C14H18ClN5. The zero-order valence-corrected chi connectivity index (χ0v) is 12.9. The first-order valence-electron chi connectivity index (χ1n) is 6.41. The van der Waals surface area contributed by atoms with E-state index in [1.807, 2.05) is 27.7 Å². The molecule has 2 heterocycles. The molecule has 0 aliphatic rings. The molecule has 0 spiro atoms. The number of aryl methyl sites for hydroxylation is 1. The Kier molecular flexibility index (Phi) is 4.18. The van der Waals surface area contributed by atoms with E-state index in [1.165, 1.54) is 0 Å². The van der Waals surface area contributed by atoms with E-state index in [4.69, 9.17) is 11.6 Å². The topological polar surface area (TPSA) is 63.6 Å². The average molecular weight is 292 g/mol. The van der Waals surface area contributed by atoms with Crippen LogP contribution in [-0.4, -0.2) is 19.9 Å².